The number of carbonyl (C=O) groups is 1. The zero-order valence-electron chi connectivity index (χ0n) is 9.89. The molecular weight excluding hydrogens is 268 g/mol. The molecule has 0 bridgehead atoms. The quantitative estimate of drug-likeness (QED) is 0.564. The number of amides is 1. The minimum atomic E-state index is -0.110. The standard InChI is InChI=1S/C11H16N4OS2/c12-15-10-6-13-2-1-9(10)11(16)14-5-8-7-17-3-4-18-8/h1-2,6,8,15H,3-5,7,12H2,(H,14,16). The smallest absolute Gasteiger partial charge is 0.253 e. The Morgan fingerprint density at radius 3 is 3.17 bits per heavy atom. The second-order valence-corrected chi connectivity index (χ2v) is 6.40. The van der Waals surface area contributed by atoms with E-state index in [4.69, 9.17) is 5.84 Å². The third-order valence-electron chi connectivity index (χ3n) is 2.60. The lowest BCUT2D eigenvalue weighted by Crippen LogP contribution is -2.34. The molecule has 0 saturated carbocycles. The van der Waals surface area contributed by atoms with Crippen molar-refractivity contribution >= 4 is 35.1 Å². The molecule has 5 nitrogen and oxygen atoms in total. The highest BCUT2D eigenvalue weighted by Gasteiger charge is 2.16. The van der Waals surface area contributed by atoms with Gasteiger partial charge in [-0.2, -0.15) is 23.5 Å². The fraction of sp³-hybridized carbons (Fsp3) is 0.455. The van der Waals surface area contributed by atoms with Crippen LogP contribution in [0.5, 0.6) is 0 Å². The van der Waals surface area contributed by atoms with E-state index >= 15 is 0 Å². The highest BCUT2D eigenvalue weighted by Crippen LogP contribution is 2.23. The predicted octanol–water partition coefficient (Wildman–Crippen LogP) is 0.946. The molecule has 7 heteroatoms. The van der Waals surface area contributed by atoms with Gasteiger partial charge in [-0.3, -0.25) is 15.6 Å². The van der Waals surface area contributed by atoms with Crippen LogP contribution >= 0.6 is 23.5 Å². The molecule has 18 heavy (non-hydrogen) atoms. The molecule has 0 spiro atoms. The summed E-state index contributed by atoms with van der Waals surface area (Å²) in [7, 11) is 0. The normalized spacial score (nSPS) is 19.3. The number of hydrogen-bond donors (Lipinski definition) is 3. The van der Waals surface area contributed by atoms with E-state index in [9.17, 15) is 4.79 Å². The van der Waals surface area contributed by atoms with Crippen LogP contribution < -0.4 is 16.6 Å². The molecule has 1 aromatic heterocycles. The monoisotopic (exact) mass is 284 g/mol. The summed E-state index contributed by atoms with van der Waals surface area (Å²) in [5.41, 5.74) is 3.55. The third kappa shape index (κ3) is 3.54. The molecule has 1 aromatic rings. The molecule has 4 N–H and O–H groups in total. The van der Waals surface area contributed by atoms with E-state index in [1.807, 2.05) is 23.5 Å². The molecule has 98 valence electrons. The van der Waals surface area contributed by atoms with E-state index in [-0.39, 0.29) is 5.91 Å². The molecule has 1 unspecified atom stereocenters. The Balaban J connectivity index is 1.90. The summed E-state index contributed by atoms with van der Waals surface area (Å²) in [6.45, 7) is 0.697. The van der Waals surface area contributed by atoms with Crippen molar-refractivity contribution < 1.29 is 4.79 Å². The van der Waals surface area contributed by atoms with E-state index in [2.05, 4.69) is 15.7 Å². The van der Waals surface area contributed by atoms with E-state index in [0.717, 1.165) is 11.5 Å². The Kier molecular flexibility index (Phi) is 5.15. The van der Waals surface area contributed by atoms with Gasteiger partial charge in [0.25, 0.3) is 5.91 Å². The zero-order valence-corrected chi connectivity index (χ0v) is 11.5. The maximum absolute atomic E-state index is 12.0. The Morgan fingerprint density at radius 2 is 2.44 bits per heavy atom. The van der Waals surface area contributed by atoms with Crippen LogP contribution in [0.2, 0.25) is 0 Å². The molecule has 1 fully saturated rings. The van der Waals surface area contributed by atoms with Crippen LogP contribution in [0.15, 0.2) is 18.5 Å². The van der Waals surface area contributed by atoms with E-state index < -0.39 is 0 Å². The van der Waals surface area contributed by atoms with Crippen LogP contribution in [0.3, 0.4) is 0 Å². The second-order valence-electron chi connectivity index (χ2n) is 3.84. The van der Waals surface area contributed by atoms with Crippen molar-refractivity contribution in [2.45, 2.75) is 5.25 Å². The van der Waals surface area contributed by atoms with Gasteiger partial charge in [-0.25, -0.2) is 0 Å². The SMILES string of the molecule is NNc1cnccc1C(=O)NCC1CSCCS1. The summed E-state index contributed by atoms with van der Waals surface area (Å²) in [6.07, 6.45) is 3.13. The van der Waals surface area contributed by atoms with Crippen molar-refractivity contribution in [3.63, 3.8) is 0 Å². The first kappa shape index (κ1) is 13.5. The highest BCUT2D eigenvalue weighted by molar-refractivity contribution is 8.06. The van der Waals surface area contributed by atoms with Crippen LogP contribution in [0.25, 0.3) is 0 Å². The molecule has 2 rings (SSSR count). The molecule has 0 aliphatic carbocycles. The van der Waals surface area contributed by atoms with Crippen molar-refractivity contribution in [3.05, 3.63) is 24.0 Å². The van der Waals surface area contributed by atoms with Crippen LogP contribution in [-0.2, 0) is 0 Å². The summed E-state index contributed by atoms with van der Waals surface area (Å²) in [5.74, 6) is 8.71. The molecule has 1 atom stereocenters. The Hall–Kier alpha value is -0.920. The number of nitrogen functional groups attached to an aromatic ring is 1. The average Bonchev–Trinajstić information content (AvgIpc) is 2.45. The Bertz CT molecular complexity index is 410. The third-order valence-corrected chi connectivity index (χ3v) is 5.44. The van der Waals surface area contributed by atoms with E-state index in [0.29, 0.717) is 23.0 Å². The molecule has 2 heterocycles. The van der Waals surface area contributed by atoms with Crippen molar-refractivity contribution in [1.29, 1.82) is 0 Å². The van der Waals surface area contributed by atoms with Gasteiger partial charge in [-0.05, 0) is 6.07 Å². The molecule has 1 amide bonds. The molecular formula is C11H16N4OS2. The Labute approximate surface area is 115 Å². The van der Waals surface area contributed by atoms with Crippen LogP contribution in [0, 0.1) is 0 Å². The first-order chi connectivity index (χ1) is 8.81. The topological polar surface area (TPSA) is 80.0 Å². The number of nitrogens with two attached hydrogens (primary N) is 1. The van der Waals surface area contributed by atoms with E-state index in [1.54, 1.807) is 18.5 Å². The van der Waals surface area contributed by atoms with Gasteiger partial charge in [0.05, 0.1) is 17.4 Å². The summed E-state index contributed by atoms with van der Waals surface area (Å²) in [6, 6.07) is 1.66. The maximum atomic E-state index is 12.0. The zero-order chi connectivity index (χ0) is 12.8. The number of carbonyl (C=O) groups excluding carboxylic acids is 1. The second kappa shape index (κ2) is 6.86. The first-order valence-electron chi connectivity index (χ1n) is 5.69. The van der Waals surface area contributed by atoms with Gasteiger partial charge in [0.2, 0.25) is 0 Å². The minimum Gasteiger partial charge on any atom is -0.351 e. The van der Waals surface area contributed by atoms with Gasteiger partial charge in [0.1, 0.15) is 0 Å². The van der Waals surface area contributed by atoms with Gasteiger partial charge < -0.3 is 10.7 Å². The van der Waals surface area contributed by atoms with Crippen molar-refractivity contribution in [1.82, 2.24) is 10.3 Å². The number of nitrogens with one attached hydrogen (secondary N) is 2. The highest BCUT2D eigenvalue weighted by atomic mass is 32.2. The van der Waals surface area contributed by atoms with Gasteiger partial charge in [0, 0.05) is 35.3 Å². The van der Waals surface area contributed by atoms with Crippen LogP contribution in [0.1, 0.15) is 10.4 Å². The lowest BCUT2D eigenvalue weighted by atomic mass is 10.2. The molecule has 1 saturated heterocycles. The van der Waals surface area contributed by atoms with Gasteiger partial charge in [-0.1, -0.05) is 0 Å². The summed E-state index contributed by atoms with van der Waals surface area (Å²) in [4.78, 5) is 15.9. The summed E-state index contributed by atoms with van der Waals surface area (Å²) >= 11 is 3.87. The number of hydrogen-bond acceptors (Lipinski definition) is 6. The minimum absolute atomic E-state index is 0.110. The molecule has 1 aliphatic rings. The fourth-order valence-corrected chi connectivity index (χ4v) is 4.28. The molecule has 1 aliphatic heterocycles. The number of rotatable bonds is 4. The molecule has 0 aromatic carbocycles. The Morgan fingerprint density at radius 1 is 1.56 bits per heavy atom. The fourth-order valence-electron chi connectivity index (χ4n) is 1.66. The van der Waals surface area contributed by atoms with Crippen LogP contribution in [-0.4, -0.2) is 39.9 Å². The number of thioether (sulfide) groups is 2. The number of pyridine rings is 1. The molecule has 0 radical (unpaired) electrons. The maximum Gasteiger partial charge on any atom is 0.253 e. The number of aromatic nitrogens is 1. The van der Waals surface area contributed by atoms with E-state index in [1.165, 1.54) is 5.75 Å². The predicted molar refractivity (Wildman–Crippen MR) is 78.0 cm³/mol. The van der Waals surface area contributed by atoms with Crippen molar-refractivity contribution in [2.75, 3.05) is 29.2 Å². The number of hydrazine groups is 1. The lowest BCUT2D eigenvalue weighted by Gasteiger charge is -2.21. The largest absolute Gasteiger partial charge is 0.351 e. The number of nitrogens with zero attached hydrogens (tertiary/aromatic N) is 1. The summed E-state index contributed by atoms with van der Waals surface area (Å²) < 4.78 is 0. The van der Waals surface area contributed by atoms with Gasteiger partial charge >= 0.3 is 0 Å². The van der Waals surface area contributed by atoms with Gasteiger partial charge in [0.15, 0.2) is 0 Å². The van der Waals surface area contributed by atoms with Gasteiger partial charge in [-0.15, -0.1) is 0 Å². The average molecular weight is 284 g/mol. The lowest BCUT2D eigenvalue weighted by molar-refractivity contribution is 0.0955. The van der Waals surface area contributed by atoms with Crippen molar-refractivity contribution in [2.24, 2.45) is 5.84 Å². The number of anilines is 1. The summed E-state index contributed by atoms with van der Waals surface area (Å²) in [5, 5.41) is 3.45. The first-order valence-corrected chi connectivity index (χ1v) is 7.90. The van der Waals surface area contributed by atoms with Crippen LogP contribution in [0.4, 0.5) is 5.69 Å². The van der Waals surface area contributed by atoms with Crippen molar-refractivity contribution in [3.8, 4) is 0 Å².